The number of halogens is 3. The molecule has 0 aromatic carbocycles. The van der Waals surface area contributed by atoms with Crippen molar-refractivity contribution in [1.29, 1.82) is 0 Å². The number of aromatic amines is 1. The van der Waals surface area contributed by atoms with Crippen LogP contribution in [0.2, 0.25) is 0 Å². The molecule has 0 atom stereocenters. The number of nitrogens with one attached hydrogen (secondary N) is 1. The van der Waals surface area contributed by atoms with Crippen molar-refractivity contribution in [2.45, 2.75) is 6.18 Å². The number of allylic oxidation sites excluding steroid dienone is 2. The smallest absolute Gasteiger partial charge is 0.336 e. The highest BCUT2D eigenvalue weighted by Crippen LogP contribution is 2.35. The molecule has 0 amide bonds. The topological polar surface area (TPSA) is 70.6 Å². The quantitative estimate of drug-likeness (QED) is 0.543. The third-order valence-corrected chi connectivity index (χ3v) is 4.64. The van der Waals surface area contributed by atoms with Crippen molar-refractivity contribution in [1.82, 2.24) is 24.9 Å². The standard InChI is InChI=1S/C20H13F3N6/c21-20(22,23)16-10-14-12(5-7-25-17(14)27-16)18-26-15-11-24-6-4-13(15)19(28-18)29-8-2-1-3-9-29/h1-8,10-11H,9H2,(H,25,27). The van der Waals surface area contributed by atoms with E-state index in [2.05, 4.69) is 19.9 Å². The van der Waals surface area contributed by atoms with Crippen LogP contribution < -0.4 is 4.90 Å². The monoisotopic (exact) mass is 394 g/mol. The number of alkyl halides is 3. The second kappa shape index (κ2) is 6.40. The van der Waals surface area contributed by atoms with E-state index in [0.717, 1.165) is 11.5 Å². The largest absolute Gasteiger partial charge is 0.431 e. The van der Waals surface area contributed by atoms with E-state index in [-0.39, 0.29) is 5.65 Å². The van der Waals surface area contributed by atoms with Crippen molar-refractivity contribution in [3.8, 4) is 11.4 Å². The van der Waals surface area contributed by atoms with Crippen LogP contribution >= 0.6 is 0 Å². The van der Waals surface area contributed by atoms with Gasteiger partial charge in [-0.1, -0.05) is 12.2 Å². The number of pyridine rings is 2. The summed E-state index contributed by atoms with van der Waals surface area (Å²) in [6.45, 7) is 0.624. The lowest BCUT2D eigenvalue weighted by Gasteiger charge is -2.21. The molecule has 4 aromatic heterocycles. The van der Waals surface area contributed by atoms with Crippen molar-refractivity contribution < 1.29 is 13.2 Å². The lowest BCUT2D eigenvalue weighted by Crippen LogP contribution is -2.19. The SMILES string of the molecule is FC(F)(F)c1cc2c(-c3nc(N4C=CC=CC4)c4ccncc4n3)ccnc2[nH]1. The minimum absolute atomic E-state index is 0.132. The summed E-state index contributed by atoms with van der Waals surface area (Å²) in [7, 11) is 0. The summed E-state index contributed by atoms with van der Waals surface area (Å²) in [4.78, 5) is 21.7. The Bertz CT molecular complexity index is 1290. The molecule has 6 nitrogen and oxygen atoms in total. The van der Waals surface area contributed by atoms with Gasteiger partial charge < -0.3 is 9.88 Å². The number of anilines is 1. The second-order valence-electron chi connectivity index (χ2n) is 6.49. The first kappa shape index (κ1) is 17.4. The molecule has 1 aliphatic heterocycles. The van der Waals surface area contributed by atoms with Crippen molar-refractivity contribution in [3.63, 3.8) is 0 Å². The van der Waals surface area contributed by atoms with E-state index in [4.69, 9.17) is 4.98 Å². The van der Waals surface area contributed by atoms with E-state index < -0.39 is 11.9 Å². The Morgan fingerprint density at radius 1 is 1.03 bits per heavy atom. The molecule has 144 valence electrons. The maximum atomic E-state index is 13.2. The molecule has 1 aliphatic rings. The zero-order valence-corrected chi connectivity index (χ0v) is 14.9. The van der Waals surface area contributed by atoms with Gasteiger partial charge in [0.25, 0.3) is 0 Å². The summed E-state index contributed by atoms with van der Waals surface area (Å²) < 4.78 is 39.5. The summed E-state index contributed by atoms with van der Waals surface area (Å²) >= 11 is 0. The van der Waals surface area contributed by atoms with Gasteiger partial charge in [-0.15, -0.1) is 0 Å². The number of nitrogens with zero attached hydrogens (tertiary/aromatic N) is 5. The number of H-pyrrole nitrogens is 1. The summed E-state index contributed by atoms with van der Waals surface area (Å²) in [6.07, 6.45) is 7.93. The molecule has 29 heavy (non-hydrogen) atoms. The zero-order valence-electron chi connectivity index (χ0n) is 14.9. The van der Waals surface area contributed by atoms with Gasteiger partial charge in [0.1, 0.15) is 17.2 Å². The van der Waals surface area contributed by atoms with E-state index >= 15 is 0 Å². The third kappa shape index (κ3) is 3.00. The average molecular weight is 394 g/mol. The molecule has 0 fully saturated rings. The van der Waals surface area contributed by atoms with Crippen LogP contribution in [-0.2, 0) is 6.18 Å². The van der Waals surface area contributed by atoms with Gasteiger partial charge in [-0.25, -0.2) is 15.0 Å². The Labute approximate surface area is 162 Å². The summed E-state index contributed by atoms with van der Waals surface area (Å²) in [5, 5.41) is 1.11. The minimum Gasteiger partial charge on any atom is -0.336 e. The first-order valence-electron chi connectivity index (χ1n) is 8.78. The van der Waals surface area contributed by atoms with Crippen LogP contribution in [0.25, 0.3) is 33.3 Å². The lowest BCUT2D eigenvalue weighted by atomic mass is 10.1. The maximum absolute atomic E-state index is 13.2. The minimum atomic E-state index is -4.50. The predicted octanol–water partition coefficient (Wildman–Crippen LogP) is 4.48. The van der Waals surface area contributed by atoms with Crippen LogP contribution in [0.1, 0.15) is 5.69 Å². The Kier molecular flexibility index (Phi) is 3.83. The average Bonchev–Trinajstić information content (AvgIpc) is 3.19. The lowest BCUT2D eigenvalue weighted by molar-refractivity contribution is -0.140. The number of hydrogen-bond acceptors (Lipinski definition) is 5. The van der Waals surface area contributed by atoms with E-state index in [0.29, 0.717) is 34.7 Å². The summed E-state index contributed by atoms with van der Waals surface area (Å²) in [6, 6.07) is 4.47. The fourth-order valence-corrected chi connectivity index (χ4v) is 3.30. The highest BCUT2D eigenvalue weighted by atomic mass is 19.4. The van der Waals surface area contributed by atoms with E-state index in [1.54, 1.807) is 18.5 Å². The van der Waals surface area contributed by atoms with Crippen LogP contribution in [0.15, 0.2) is 61.2 Å². The summed E-state index contributed by atoms with van der Waals surface area (Å²) in [5.41, 5.74) is 0.337. The van der Waals surface area contributed by atoms with Crippen LogP contribution in [0.4, 0.5) is 19.0 Å². The predicted molar refractivity (Wildman–Crippen MR) is 103 cm³/mol. The molecule has 0 unspecified atom stereocenters. The number of hydrogen-bond donors (Lipinski definition) is 1. The van der Waals surface area contributed by atoms with Crippen molar-refractivity contribution in [2.75, 3.05) is 11.4 Å². The van der Waals surface area contributed by atoms with Crippen molar-refractivity contribution >= 4 is 27.8 Å². The molecule has 0 spiro atoms. The van der Waals surface area contributed by atoms with Crippen molar-refractivity contribution in [2.24, 2.45) is 0 Å². The zero-order chi connectivity index (χ0) is 20.0. The van der Waals surface area contributed by atoms with Gasteiger partial charge >= 0.3 is 6.18 Å². The number of fused-ring (bicyclic) bond motifs is 2. The Morgan fingerprint density at radius 2 is 1.93 bits per heavy atom. The number of rotatable bonds is 2. The molecule has 4 aromatic rings. The normalized spacial score (nSPS) is 14.2. The van der Waals surface area contributed by atoms with Gasteiger partial charge in [-0.2, -0.15) is 13.2 Å². The molecule has 5 heterocycles. The molecule has 0 saturated heterocycles. The first-order chi connectivity index (χ1) is 14.0. The number of aromatic nitrogens is 5. The first-order valence-corrected chi connectivity index (χ1v) is 8.78. The molecule has 0 saturated carbocycles. The fourth-order valence-electron chi connectivity index (χ4n) is 3.30. The van der Waals surface area contributed by atoms with Crippen molar-refractivity contribution in [3.05, 3.63) is 66.9 Å². The molecule has 0 bridgehead atoms. The van der Waals surface area contributed by atoms with E-state index in [1.165, 1.54) is 6.20 Å². The molecule has 9 heteroatoms. The molecule has 1 N–H and O–H groups in total. The molecular weight excluding hydrogens is 381 g/mol. The molecular formula is C20H13F3N6. The van der Waals surface area contributed by atoms with Crippen LogP contribution in [0, 0.1) is 0 Å². The van der Waals surface area contributed by atoms with Crippen LogP contribution in [-0.4, -0.2) is 31.5 Å². The molecule has 0 aliphatic carbocycles. The van der Waals surface area contributed by atoms with Gasteiger partial charge in [0, 0.05) is 41.5 Å². The van der Waals surface area contributed by atoms with Gasteiger partial charge in [0.15, 0.2) is 5.82 Å². The second-order valence-corrected chi connectivity index (χ2v) is 6.49. The van der Waals surface area contributed by atoms with E-state index in [1.807, 2.05) is 35.4 Å². The van der Waals surface area contributed by atoms with Gasteiger partial charge in [0.05, 0.1) is 11.7 Å². The molecule has 5 rings (SSSR count). The van der Waals surface area contributed by atoms with Gasteiger partial charge in [0.2, 0.25) is 0 Å². The van der Waals surface area contributed by atoms with Gasteiger partial charge in [-0.3, -0.25) is 4.98 Å². The van der Waals surface area contributed by atoms with Crippen LogP contribution in [0.5, 0.6) is 0 Å². The third-order valence-electron chi connectivity index (χ3n) is 4.64. The maximum Gasteiger partial charge on any atom is 0.431 e. The fraction of sp³-hybridized carbons (Fsp3) is 0.100. The summed E-state index contributed by atoms with van der Waals surface area (Å²) in [5.74, 6) is 0.966. The Hall–Kier alpha value is -3.75. The van der Waals surface area contributed by atoms with E-state index in [9.17, 15) is 13.2 Å². The van der Waals surface area contributed by atoms with Gasteiger partial charge in [-0.05, 0) is 24.3 Å². The molecule has 0 radical (unpaired) electrons. The Balaban J connectivity index is 1.74. The van der Waals surface area contributed by atoms with Crippen LogP contribution in [0.3, 0.4) is 0 Å². The highest BCUT2D eigenvalue weighted by molar-refractivity contribution is 5.95. The highest BCUT2D eigenvalue weighted by Gasteiger charge is 2.33. The Morgan fingerprint density at radius 3 is 2.72 bits per heavy atom.